The quantitative estimate of drug-likeness (QED) is 0.450. The predicted molar refractivity (Wildman–Crippen MR) is 132 cm³/mol. The number of rotatable bonds is 5. The van der Waals surface area contributed by atoms with Crippen molar-refractivity contribution in [2.75, 3.05) is 39.6 Å². The van der Waals surface area contributed by atoms with Gasteiger partial charge in [0.25, 0.3) is 0 Å². The van der Waals surface area contributed by atoms with Gasteiger partial charge in [0.15, 0.2) is 0 Å². The summed E-state index contributed by atoms with van der Waals surface area (Å²) >= 11 is 0. The zero-order valence-electron chi connectivity index (χ0n) is 23.7. The third-order valence-corrected chi connectivity index (χ3v) is 7.16. The van der Waals surface area contributed by atoms with Gasteiger partial charge in [-0.25, -0.2) is 0 Å². The minimum atomic E-state index is -3.57. The Hall–Kier alpha value is -0.380. The monoisotopic (exact) mass is 508 g/mol. The average molecular weight is 509 g/mol. The van der Waals surface area contributed by atoms with E-state index in [2.05, 4.69) is 34.6 Å². The smallest absolute Gasteiger partial charge is 0.377 e. The standard InChI is InChI=1S/C27H50F2O6/c1-23(2,3)19-21(33-18-16-31-14-13-30-15-17-32-19)25(7,8)11-12-26(9,10)22-20(24(4,5)6)34-27(28,29)35-22/h19-22H,11-18H2,1-10H3. The number of alkyl halides is 2. The van der Waals surface area contributed by atoms with Crippen molar-refractivity contribution in [2.45, 2.75) is 113 Å². The number of hydrogen-bond acceptors (Lipinski definition) is 6. The molecule has 0 aliphatic carbocycles. The molecule has 2 heterocycles. The summed E-state index contributed by atoms with van der Waals surface area (Å²) in [5, 5.41) is 0. The maximum Gasteiger partial charge on any atom is 0.486 e. The van der Waals surface area contributed by atoms with Gasteiger partial charge in [-0.3, -0.25) is 9.47 Å². The van der Waals surface area contributed by atoms with Crippen molar-refractivity contribution in [3.8, 4) is 0 Å². The van der Waals surface area contributed by atoms with Gasteiger partial charge in [-0.2, -0.15) is 0 Å². The number of halogens is 2. The van der Waals surface area contributed by atoms with Crippen LogP contribution in [0.2, 0.25) is 0 Å². The molecule has 0 spiro atoms. The maximum absolute atomic E-state index is 14.2. The summed E-state index contributed by atoms with van der Waals surface area (Å²) in [7, 11) is 0. The van der Waals surface area contributed by atoms with Crippen LogP contribution in [0.25, 0.3) is 0 Å². The molecule has 2 saturated heterocycles. The molecular weight excluding hydrogens is 458 g/mol. The van der Waals surface area contributed by atoms with Crippen molar-refractivity contribution in [3.63, 3.8) is 0 Å². The Morgan fingerprint density at radius 2 is 0.914 bits per heavy atom. The summed E-state index contributed by atoms with van der Waals surface area (Å²) < 4.78 is 62.7. The molecule has 208 valence electrons. The second-order valence-electron chi connectivity index (χ2n) is 13.6. The third kappa shape index (κ3) is 8.85. The molecule has 0 aromatic carbocycles. The van der Waals surface area contributed by atoms with Crippen LogP contribution in [0.3, 0.4) is 0 Å². The van der Waals surface area contributed by atoms with Gasteiger partial charge in [0.1, 0.15) is 0 Å². The lowest BCUT2D eigenvalue weighted by Gasteiger charge is -2.46. The predicted octanol–water partition coefficient (Wildman–Crippen LogP) is 6.06. The second kappa shape index (κ2) is 11.6. The van der Waals surface area contributed by atoms with E-state index in [1.165, 1.54) is 0 Å². The van der Waals surface area contributed by atoms with Gasteiger partial charge >= 0.3 is 6.29 Å². The molecule has 0 amide bonds. The first kappa shape index (κ1) is 30.8. The van der Waals surface area contributed by atoms with Crippen LogP contribution >= 0.6 is 0 Å². The second-order valence-corrected chi connectivity index (χ2v) is 13.6. The lowest BCUT2D eigenvalue weighted by atomic mass is 9.67. The Bertz CT molecular complexity index is 653. The van der Waals surface area contributed by atoms with Crippen molar-refractivity contribution in [1.82, 2.24) is 0 Å². The lowest BCUT2D eigenvalue weighted by Crippen LogP contribution is -2.51. The molecule has 6 nitrogen and oxygen atoms in total. The van der Waals surface area contributed by atoms with Crippen LogP contribution in [-0.2, 0) is 28.4 Å². The van der Waals surface area contributed by atoms with Crippen LogP contribution in [0, 0.1) is 21.7 Å². The van der Waals surface area contributed by atoms with E-state index >= 15 is 0 Å². The van der Waals surface area contributed by atoms with Crippen molar-refractivity contribution in [1.29, 1.82) is 0 Å². The van der Waals surface area contributed by atoms with E-state index in [9.17, 15) is 8.78 Å². The highest BCUT2D eigenvalue weighted by molar-refractivity contribution is 4.97. The molecule has 2 rings (SSSR count). The summed E-state index contributed by atoms with van der Waals surface area (Å²) in [5.41, 5.74) is -1.51. The largest absolute Gasteiger partial charge is 0.486 e. The molecule has 0 aromatic heterocycles. The molecule has 8 heteroatoms. The highest BCUT2D eigenvalue weighted by Gasteiger charge is 2.58. The van der Waals surface area contributed by atoms with Gasteiger partial charge in [-0.1, -0.05) is 69.2 Å². The van der Waals surface area contributed by atoms with Gasteiger partial charge < -0.3 is 18.9 Å². The van der Waals surface area contributed by atoms with Gasteiger partial charge in [0.05, 0.1) is 64.1 Å². The topological polar surface area (TPSA) is 55.4 Å². The van der Waals surface area contributed by atoms with E-state index < -0.39 is 29.3 Å². The SMILES string of the molecule is CC(C)(C)C1OCCOCCOCCOC1C(C)(C)CCC(C)(C)C1OC(F)(F)OC1C(C)(C)C. The summed E-state index contributed by atoms with van der Waals surface area (Å²) in [6.07, 6.45) is -4.02. The Morgan fingerprint density at radius 1 is 0.543 bits per heavy atom. The first-order valence-corrected chi connectivity index (χ1v) is 13.0. The summed E-state index contributed by atoms with van der Waals surface area (Å²) in [4.78, 5) is 0. The molecule has 2 aliphatic heterocycles. The maximum atomic E-state index is 14.2. The summed E-state index contributed by atoms with van der Waals surface area (Å²) in [5.74, 6) is 0. The third-order valence-electron chi connectivity index (χ3n) is 7.16. The fraction of sp³-hybridized carbons (Fsp3) is 1.00. The van der Waals surface area contributed by atoms with E-state index in [0.29, 0.717) is 46.1 Å². The van der Waals surface area contributed by atoms with E-state index in [0.717, 1.165) is 6.42 Å². The van der Waals surface area contributed by atoms with Crippen LogP contribution in [0.4, 0.5) is 8.78 Å². The molecule has 0 radical (unpaired) electrons. The normalized spacial score (nSPS) is 30.5. The molecule has 0 N–H and O–H groups in total. The van der Waals surface area contributed by atoms with E-state index in [1.54, 1.807) is 0 Å². The van der Waals surface area contributed by atoms with E-state index in [4.69, 9.17) is 28.4 Å². The fourth-order valence-electron chi connectivity index (χ4n) is 4.88. The Morgan fingerprint density at radius 3 is 1.37 bits per heavy atom. The first-order valence-electron chi connectivity index (χ1n) is 13.0. The zero-order valence-corrected chi connectivity index (χ0v) is 23.7. The van der Waals surface area contributed by atoms with Gasteiger partial charge in [0, 0.05) is 0 Å². The highest BCUT2D eigenvalue weighted by Crippen LogP contribution is 2.49. The molecule has 4 unspecified atom stereocenters. The molecule has 2 fully saturated rings. The van der Waals surface area contributed by atoms with Crippen molar-refractivity contribution >= 4 is 0 Å². The van der Waals surface area contributed by atoms with Gasteiger partial charge in [-0.15, -0.1) is 8.78 Å². The van der Waals surface area contributed by atoms with Crippen LogP contribution in [0.5, 0.6) is 0 Å². The van der Waals surface area contributed by atoms with Crippen molar-refractivity contribution in [3.05, 3.63) is 0 Å². The van der Waals surface area contributed by atoms with Crippen LogP contribution < -0.4 is 0 Å². The molecule has 4 atom stereocenters. The molecular formula is C27H50F2O6. The Labute approximate surface area is 211 Å². The Kier molecular flexibility index (Phi) is 10.2. The van der Waals surface area contributed by atoms with Crippen LogP contribution in [0.1, 0.15) is 82.1 Å². The summed E-state index contributed by atoms with van der Waals surface area (Å²) in [6, 6.07) is 0. The van der Waals surface area contributed by atoms with E-state index in [1.807, 2.05) is 34.6 Å². The molecule has 0 bridgehead atoms. The van der Waals surface area contributed by atoms with Crippen molar-refractivity contribution < 1.29 is 37.2 Å². The number of hydrogen-bond donors (Lipinski definition) is 0. The molecule has 0 aromatic rings. The van der Waals surface area contributed by atoms with Crippen molar-refractivity contribution in [2.24, 2.45) is 21.7 Å². The first-order chi connectivity index (χ1) is 15.9. The molecule has 35 heavy (non-hydrogen) atoms. The summed E-state index contributed by atoms with van der Waals surface area (Å²) in [6.45, 7) is 23.4. The Balaban J connectivity index is 2.22. The fourth-order valence-corrected chi connectivity index (χ4v) is 4.88. The van der Waals surface area contributed by atoms with Crippen LogP contribution in [-0.4, -0.2) is 70.4 Å². The minimum absolute atomic E-state index is 0.176. The minimum Gasteiger partial charge on any atom is -0.377 e. The van der Waals surface area contributed by atoms with Crippen LogP contribution in [0.15, 0.2) is 0 Å². The zero-order chi connectivity index (χ0) is 26.7. The van der Waals surface area contributed by atoms with Gasteiger partial charge in [0.2, 0.25) is 0 Å². The average Bonchev–Trinajstić information content (AvgIpc) is 3.03. The number of ether oxygens (including phenoxy) is 6. The van der Waals surface area contributed by atoms with Gasteiger partial charge in [-0.05, 0) is 34.5 Å². The van der Waals surface area contributed by atoms with E-state index in [-0.39, 0.29) is 23.0 Å². The lowest BCUT2D eigenvalue weighted by molar-refractivity contribution is -0.357. The highest BCUT2D eigenvalue weighted by atomic mass is 19.3. The molecule has 2 aliphatic rings. The molecule has 0 saturated carbocycles.